The summed E-state index contributed by atoms with van der Waals surface area (Å²) in [6, 6.07) is 12.3. The van der Waals surface area contributed by atoms with Gasteiger partial charge in [-0.05, 0) is 51.1 Å². The van der Waals surface area contributed by atoms with Gasteiger partial charge < -0.3 is 19.5 Å². The fourth-order valence-electron chi connectivity index (χ4n) is 2.39. The number of nitrogens with one attached hydrogen (secondary N) is 1. The van der Waals surface area contributed by atoms with Crippen molar-refractivity contribution in [3.8, 4) is 5.75 Å². The highest BCUT2D eigenvalue weighted by molar-refractivity contribution is 5.97. The number of ether oxygens (including phenoxy) is 3. The van der Waals surface area contributed by atoms with Gasteiger partial charge in [0, 0.05) is 17.9 Å². The van der Waals surface area contributed by atoms with E-state index >= 15 is 0 Å². The summed E-state index contributed by atoms with van der Waals surface area (Å²) in [4.78, 5) is 24.6. The van der Waals surface area contributed by atoms with Crippen molar-refractivity contribution in [2.45, 2.75) is 33.5 Å². The number of carbonyl (C=O) groups excluding carboxylic acids is 2. The van der Waals surface area contributed by atoms with Gasteiger partial charge in [0.1, 0.15) is 5.75 Å². The van der Waals surface area contributed by atoms with Crippen LogP contribution in [-0.2, 0) is 20.9 Å². The minimum Gasteiger partial charge on any atom is -0.496 e. The van der Waals surface area contributed by atoms with E-state index in [-0.39, 0.29) is 0 Å². The third kappa shape index (κ3) is 5.82. The summed E-state index contributed by atoms with van der Waals surface area (Å²) < 4.78 is 16.0. The molecule has 0 spiro atoms. The Bertz CT molecular complexity index is 786. The summed E-state index contributed by atoms with van der Waals surface area (Å²) in [5, 5.41) is 2.73. The van der Waals surface area contributed by atoms with Gasteiger partial charge >= 0.3 is 5.97 Å². The standard InChI is InChI=1S/C21H25NO5/c1-5-26-13-17-12-16(8-11-19(17)25-4)21(24)27-15(3)20(23)22-18-9-6-14(2)7-10-18/h6-12,15H,5,13H2,1-4H3,(H,22,23)/t15-/m1/s1. The van der Waals surface area contributed by atoms with Gasteiger partial charge in [0.2, 0.25) is 0 Å². The predicted molar refractivity (Wildman–Crippen MR) is 103 cm³/mol. The van der Waals surface area contributed by atoms with Crippen molar-refractivity contribution in [2.24, 2.45) is 0 Å². The minimum atomic E-state index is -0.934. The van der Waals surface area contributed by atoms with Gasteiger partial charge in [-0.2, -0.15) is 0 Å². The fraction of sp³-hybridized carbons (Fsp3) is 0.333. The lowest BCUT2D eigenvalue weighted by Gasteiger charge is -2.15. The molecule has 0 aliphatic rings. The van der Waals surface area contributed by atoms with E-state index in [1.807, 2.05) is 26.0 Å². The van der Waals surface area contributed by atoms with Crippen LogP contribution in [-0.4, -0.2) is 31.7 Å². The van der Waals surface area contributed by atoms with Crippen molar-refractivity contribution in [3.05, 3.63) is 59.2 Å². The van der Waals surface area contributed by atoms with Crippen LogP contribution in [0.2, 0.25) is 0 Å². The van der Waals surface area contributed by atoms with Crippen LogP contribution in [0.15, 0.2) is 42.5 Å². The van der Waals surface area contributed by atoms with E-state index in [2.05, 4.69) is 5.32 Å². The number of hydrogen-bond donors (Lipinski definition) is 1. The van der Waals surface area contributed by atoms with Gasteiger partial charge in [0.15, 0.2) is 6.10 Å². The van der Waals surface area contributed by atoms with Gasteiger partial charge in [0.25, 0.3) is 5.91 Å². The lowest BCUT2D eigenvalue weighted by atomic mass is 10.1. The quantitative estimate of drug-likeness (QED) is 0.716. The molecule has 0 aliphatic heterocycles. The van der Waals surface area contributed by atoms with E-state index < -0.39 is 18.0 Å². The van der Waals surface area contributed by atoms with Crippen LogP contribution in [0, 0.1) is 6.92 Å². The first kappa shape index (κ1) is 20.5. The third-order valence-corrected chi connectivity index (χ3v) is 3.95. The summed E-state index contributed by atoms with van der Waals surface area (Å²) in [6.45, 7) is 6.26. The first-order valence-corrected chi connectivity index (χ1v) is 8.77. The minimum absolute atomic E-state index is 0.324. The third-order valence-electron chi connectivity index (χ3n) is 3.95. The maximum atomic E-state index is 12.4. The molecule has 0 heterocycles. The zero-order valence-electron chi connectivity index (χ0n) is 16.1. The van der Waals surface area contributed by atoms with E-state index in [0.717, 1.165) is 11.1 Å². The van der Waals surface area contributed by atoms with E-state index in [1.54, 1.807) is 37.4 Å². The van der Waals surface area contributed by atoms with Gasteiger partial charge in [-0.3, -0.25) is 4.79 Å². The summed E-state index contributed by atoms with van der Waals surface area (Å²) in [5.74, 6) is -0.345. The lowest BCUT2D eigenvalue weighted by molar-refractivity contribution is -0.123. The second-order valence-corrected chi connectivity index (χ2v) is 6.07. The van der Waals surface area contributed by atoms with Crippen molar-refractivity contribution >= 4 is 17.6 Å². The molecule has 2 aromatic rings. The number of hydrogen-bond acceptors (Lipinski definition) is 5. The second kappa shape index (κ2) is 9.73. The lowest BCUT2D eigenvalue weighted by Crippen LogP contribution is -2.30. The molecule has 27 heavy (non-hydrogen) atoms. The fourth-order valence-corrected chi connectivity index (χ4v) is 2.39. The molecule has 2 rings (SSSR count). The van der Waals surface area contributed by atoms with Gasteiger partial charge in [-0.25, -0.2) is 4.79 Å². The maximum absolute atomic E-state index is 12.4. The number of rotatable bonds is 8. The van der Waals surface area contributed by atoms with Crippen LogP contribution in [0.5, 0.6) is 5.75 Å². The zero-order valence-corrected chi connectivity index (χ0v) is 16.1. The number of benzene rings is 2. The van der Waals surface area contributed by atoms with Crippen molar-refractivity contribution in [2.75, 3.05) is 19.0 Å². The second-order valence-electron chi connectivity index (χ2n) is 6.07. The molecule has 0 aromatic heterocycles. The average Bonchev–Trinajstić information content (AvgIpc) is 2.67. The van der Waals surface area contributed by atoms with E-state index in [0.29, 0.717) is 30.2 Å². The average molecular weight is 371 g/mol. The van der Waals surface area contributed by atoms with E-state index in [1.165, 1.54) is 6.92 Å². The first-order chi connectivity index (χ1) is 12.9. The zero-order chi connectivity index (χ0) is 19.8. The normalized spacial score (nSPS) is 11.6. The Morgan fingerprint density at radius 1 is 1.11 bits per heavy atom. The smallest absolute Gasteiger partial charge is 0.338 e. The molecule has 144 valence electrons. The summed E-state index contributed by atoms with van der Waals surface area (Å²) >= 11 is 0. The first-order valence-electron chi connectivity index (χ1n) is 8.77. The van der Waals surface area contributed by atoms with E-state index in [9.17, 15) is 9.59 Å². The van der Waals surface area contributed by atoms with Crippen LogP contribution >= 0.6 is 0 Å². The highest BCUT2D eigenvalue weighted by Gasteiger charge is 2.20. The van der Waals surface area contributed by atoms with Gasteiger partial charge in [-0.1, -0.05) is 17.7 Å². The Labute approximate surface area is 159 Å². The molecule has 1 N–H and O–H groups in total. The molecule has 0 aliphatic carbocycles. The van der Waals surface area contributed by atoms with Crippen molar-refractivity contribution in [1.82, 2.24) is 0 Å². The molecule has 0 bridgehead atoms. The molecule has 6 heteroatoms. The molecule has 1 amide bonds. The van der Waals surface area contributed by atoms with Crippen molar-refractivity contribution < 1.29 is 23.8 Å². The number of methoxy groups -OCH3 is 1. The summed E-state index contributed by atoms with van der Waals surface area (Å²) in [5.41, 5.74) is 2.82. The van der Waals surface area contributed by atoms with Crippen LogP contribution in [0.4, 0.5) is 5.69 Å². The molecule has 0 saturated heterocycles. The Kier molecular flexibility index (Phi) is 7.37. The number of aryl methyl sites for hydroxylation is 1. The van der Waals surface area contributed by atoms with Crippen molar-refractivity contribution in [3.63, 3.8) is 0 Å². The number of anilines is 1. The summed E-state index contributed by atoms with van der Waals surface area (Å²) in [7, 11) is 1.56. The highest BCUT2D eigenvalue weighted by atomic mass is 16.5. The topological polar surface area (TPSA) is 73.9 Å². The SMILES string of the molecule is CCOCc1cc(C(=O)O[C@H](C)C(=O)Nc2ccc(C)cc2)ccc1OC. The summed E-state index contributed by atoms with van der Waals surface area (Å²) in [6.07, 6.45) is -0.934. The Morgan fingerprint density at radius 3 is 2.44 bits per heavy atom. The molecular formula is C21H25NO5. The largest absolute Gasteiger partial charge is 0.496 e. The molecule has 0 saturated carbocycles. The number of esters is 1. The predicted octanol–water partition coefficient (Wildman–Crippen LogP) is 3.72. The molecule has 0 radical (unpaired) electrons. The number of carbonyl (C=O) groups is 2. The molecule has 2 aromatic carbocycles. The van der Waals surface area contributed by atoms with Crippen LogP contribution < -0.4 is 10.1 Å². The van der Waals surface area contributed by atoms with E-state index in [4.69, 9.17) is 14.2 Å². The molecule has 0 fully saturated rings. The van der Waals surface area contributed by atoms with Gasteiger partial charge in [0.05, 0.1) is 19.3 Å². The Balaban J connectivity index is 2.02. The molecule has 6 nitrogen and oxygen atoms in total. The molecule has 1 atom stereocenters. The monoisotopic (exact) mass is 371 g/mol. The molecular weight excluding hydrogens is 346 g/mol. The molecule has 0 unspecified atom stereocenters. The Hall–Kier alpha value is -2.86. The highest BCUT2D eigenvalue weighted by Crippen LogP contribution is 2.21. The van der Waals surface area contributed by atoms with Crippen molar-refractivity contribution in [1.29, 1.82) is 0 Å². The maximum Gasteiger partial charge on any atom is 0.338 e. The van der Waals surface area contributed by atoms with Crippen LogP contribution in [0.1, 0.15) is 35.3 Å². The Morgan fingerprint density at radius 2 is 1.81 bits per heavy atom. The van der Waals surface area contributed by atoms with Crippen LogP contribution in [0.25, 0.3) is 0 Å². The van der Waals surface area contributed by atoms with Gasteiger partial charge in [-0.15, -0.1) is 0 Å². The van der Waals surface area contributed by atoms with Crippen LogP contribution in [0.3, 0.4) is 0 Å². The number of amides is 1.